The average Bonchev–Trinajstić information content (AvgIpc) is 3.01. The van der Waals surface area contributed by atoms with E-state index >= 15 is 0 Å². The van der Waals surface area contributed by atoms with Gasteiger partial charge in [-0.05, 0) is 6.07 Å². The zero-order valence-corrected chi connectivity index (χ0v) is 10.4. The van der Waals surface area contributed by atoms with Gasteiger partial charge in [0, 0.05) is 12.6 Å². The Morgan fingerprint density at radius 1 is 1.58 bits per heavy atom. The Balaban J connectivity index is 1.98. The van der Waals surface area contributed by atoms with Crippen LogP contribution >= 0.6 is 0 Å². The van der Waals surface area contributed by atoms with Gasteiger partial charge in [-0.15, -0.1) is 0 Å². The third-order valence-corrected chi connectivity index (χ3v) is 3.33. The predicted molar refractivity (Wildman–Crippen MR) is 65.7 cm³/mol. The molecule has 0 aromatic carbocycles. The number of aromatic nitrogens is 3. The monoisotopic (exact) mass is 265 g/mol. The van der Waals surface area contributed by atoms with Crippen LogP contribution in [0.2, 0.25) is 0 Å². The lowest BCUT2D eigenvalue weighted by atomic mass is 10.2. The van der Waals surface area contributed by atoms with E-state index in [-0.39, 0.29) is 6.61 Å². The Bertz CT molecular complexity index is 585. The maximum atomic E-state index is 9.76. The van der Waals surface area contributed by atoms with Gasteiger partial charge in [0.1, 0.15) is 11.9 Å². The van der Waals surface area contributed by atoms with Crippen LogP contribution in [0.3, 0.4) is 0 Å². The molecule has 7 heteroatoms. The van der Waals surface area contributed by atoms with E-state index in [9.17, 15) is 5.11 Å². The second kappa shape index (κ2) is 4.76. The maximum absolute atomic E-state index is 9.76. The van der Waals surface area contributed by atoms with E-state index in [1.165, 1.54) is 0 Å². The zero-order valence-electron chi connectivity index (χ0n) is 10.4. The van der Waals surface area contributed by atoms with Crippen LogP contribution in [0.5, 0.6) is 5.75 Å². The van der Waals surface area contributed by atoms with Crippen LogP contribution in [-0.2, 0) is 4.74 Å². The van der Waals surface area contributed by atoms with Gasteiger partial charge in [0.25, 0.3) is 0 Å². The molecule has 1 aliphatic rings. The van der Waals surface area contributed by atoms with Crippen molar-refractivity contribution < 1.29 is 19.7 Å². The van der Waals surface area contributed by atoms with Gasteiger partial charge in [-0.1, -0.05) is 0 Å². The van der Waals surface area contributed by atoms with Crippen LogP contribution in [0.15, 0.2) is 18.5 Å². The normalized spacial score (nSPS) is 27.0. The smallest absolute Gasteiger partial charge is 0.164 e. The molecule has 1 fully saturated rings. The number of pyridine rings is 1. The number of fused-ring (bicyclic) bond motifs is 1. The van der Waals surface area contributed by atoms with E-state index in [0.717, 1.165) is 5.39 Å². The Labute approximate surface area is 109 Å². The second-order valence-corrected chi connectivity index (χ2v) is 4.45. The third-order valence-electron chi connectivity index (χ3n) is 3.33. The minimum atomic E-state index is -0.695. The molecule has 0 saturated carbocycles. The van der Waals surface area contributed by atoms with Crippen molar-refractivity contribution in [3.8, 4) is 5.75 Å². The predicted octanol–water partition coefficient (Wildman–Crippen LogP) is 0.0806. The van der Waals surface area contributed by atoms with Gasteiger partial charge < -0.3 is 19.7 Å². The molecule has 1 aliphatic heterocycles. The first kappa shape index (κ1) is 12.3. The number of hydrogen-bond donors (Lipinski definition) is 2. The molecule has 0 radical (unpaired) electrons. The van der Waals surface area contributed by atoms with Crippen LogP contribution in [0.1, 0.15) is 12.6 Å². The molecule has 3 atom stereocenters. The first-order valence-corrected chi connectivity index (χ1v) is 6.05. The van der Waals surface area contributed by atoms with Crippen molar-refractivity contribution in [1.29, 1.82) is 0 Å². The second-order valence-electron chi connectivity index (χ2n) is 4.45. The number of rotatable bonds is 3. The van der Waals surface area contributed by atoms with Crippen molar-refractivity contribution in [3.05, 3.63) is 18.5 Å². The lowest BCUT2D eigenvalue weighted by Gasteiger charge is -2.12. The topological polar surface area (TPSA) is 89.6 Å². The van der Waals surface area contributed by atoms with Gasteiger partial charge in [0.15, 0.2) is 11.9 Å². The van der Waals surface area contributed by atoms with E-state index in [1.54, 1.807) is 30.3 Å². The molecular weight excluding hydrogens is 250 g/mol. The molecule has 7 nitrogen and oxygen atoms in total. The number of ether oxygens (including phenoxy) is 2. The van der Waals surface area contributed by atoms with Crippen molar-refractivity contribution >= 4 is 11.0 Å². The standard InChI is InChI=1S/C12H15N3O4/c1-18-9-2-3-13-12-7(9)5-14-15(12)11-4-8(17)10(6-16)19-11/h2-3,5,8,10-11,16-17H,4,6H2,1H3/t8-,10+,11+/m0/s1. The Kier molecular flexibility index (Phi) is 3.09. The summed E-state index contributed by atoms with van der Waals surface area (Å²) < 4.78 is 12.4. The van der Waals surface area contributed by atoms with Crippen LogP contribution in [-0.4, -0.2) is 50.9 Å². The molecule has 102 valence electrons. The Morgan fingerprint density at radius 2 is 2.42 bits per heavy atom. The summed E-state index contributed by atoms with van der Waals surface area (Å²) >= 11 is 0. The summed E-state index contributed by atoms with van der Waals surface area (Å²) in [5, 5.41) is 23.9. The molecule has 0 aliphatic carbocycles. The maximum Gasteiger partial charge on any atom is 0.164 e. The summed E-state index contributed by atoms with van der Waals surface area (Å²) in [7, 11) is 1.59. The molecule has 2 aromatic heterocycles. The highest BCUT2D eigenvalue weighted by Crippen LogP contribution is 2.32. The van der Waals surface area contributed by atoms with Crippen molar-refractivity contribution in [2.24, 2.45) is 0 Å². The number of methoxy groups -OCH3 is 1. The first-order chi connectivity index (χ1) is 9.24. The fraction of sp³-hybridized carbons (Fsp3) is 0.500. The highest BCUT2D eigenvalue weighted by Gasteiger charge is 2.35. The minimum Gasteiger partial charge on any atom is -0.496 e. The van der Waals surface area contributed by atoms with E-state index in [4.69, 9.17) is 14.6 Å². The summed E-state index contributed by atoms with van der Waals surface area (Å²) in [6, 6.07) is 1.76. The van der Waals surface area contributed by atoms with Crippen molar-refractivity contribution in [3.63, 3.8) is 0 Å². The van der Waals surface area contributed by atoms with Gasteiger partial charge in [0.05, 0.1) is 31.4 Å². The fourth-order valence-electron chi connectivity index (χ4n) is 2.34. The average molecular weight is 265 g/mol. The van der Waals surface area contributed by atoms with Crippen LogP contribution in [0.4, 0.5) is 0 Å². The molecule has 2 aromatic rings. The molecule has 0 amide bonds. The van der Waals surface area contributed by atoms with Gasteiger partial charge in [-0.25, -0.2) is 9.67 Å². The summed E-state index contributed by atoms with van der Waals surface area (Å²) in [5.41, 5.74) is 0.634. The fourth-order valence-corrected chi connectivity index (χ4v) is 2.34. The molecular formula is C12H15N3O4. The highest BCUT2D eigenvalue weighted by atomic mass is 16.5. The van der Waals surface area contributed by atoms with E-state index in [1.807, 2.05) is 0 Å². The third kappa shape index (κ3) is 1.95. The molecule has 0 bridgehead atoms. The van der Waals surface area contributed by atoms with Crippen molar-refractivity contribution in [2.45, 2.75) is 24.9 Å². The molecule has 1 saturated heterocycles. The van der Waals surface area contributed by atoms with Crippen LogP contribution in [0.25, 0.3) is 11.0 Å². The van der Waals surface area contributed by atoms with Crippen LogP contribution < -0.4 is 4.74 Å². The number of aliphatic hydroxyl groups is 2. The molecule has 3 rings (SSSR count). The largest absolute Gasteiger partial charge is 0.496 e. The number of aliphatic hydroxyl groups excluding tert-OH is 2. The Hall–Kier alpha value is -1.70. The summed E-state index contributed by atoms with van der Waals surface area (Å²) in [6.07, 6.45) is 1.97. The van der Waals surface area contributed by atoms with Crippen molar-refractivity contribution in [1.82, 2.24) is 14.8 Å². The van der Waals surface area contributed by atoms with Crippen molar-refractivity contribution in [2.75, 3.05) is 13.7 Å². The first-order valence-electron chi connectivity index (χ1n) is 6.05. The molecule has 0 spiro atoms. The van der Waals surface area contributed by atoms with Crippen LogP contribution in [0, 0.1) is 0 Å². The molecule has 19 heavy (non-hydrogen) atoms. The number of nitrogens with zero attached hydrogens (tertiary/aromatic N) is 3. The minimum absolute atomic E-state index is 0.215. The van der Waals surface area contributed by atoms with Gasteiger partial charge in [0.2, 0.25) is 0 Å². The van der Waals surface area contributed by atoms with E-state index in [0.29, 0.717) is 17.8 Å². The van der Waals surface area contributed by atoms with E-state index < -0.39 is 18.4 Å². The zero-order chi connectivity index (χ0) is 13.4. The molecule has 0 unspecified atom stereocenters. The summed E-state index contributed by atoms with van der Waals surface area (Å²) in [6.45, 7) is -0.215. The lowest BCUT2D eigenvalue weighted by molar-refractivity contribution is -0.0470. The molecule has 2 N–H and O–H groups in total. The van der Waals surface area contributed by atoms with E-state index in [2.05, 4.69) is 10.1 Å². The Morgan fingerprint density at radius 3 is 3.11 bits per heavy atom. The highest BCUT2D eigenvalue weighted by molar-refractivity contribution is 5.81. The lowest BCUT2D eigenvalue weighted by Crippen LogP contribution is -2.24. The van der Waals surface area contributed by atoms with Gasteiger partial charge in [-0.2, -0.15) is 5.10 Å². The number of hydrogen-bond acceptors (Lipinski definition) is 6. The van der Waals surface area contributed by atoms with Gasteiger partial charge >= 0.3 is 0 Å². The molecule has 3 heterocycles. The SMILES string of the molecule is COc1ccnc2c1cnn2[C@H]1C[C@H](O)[C@@H](CO)O1. The summed E-state index contributed by atoms with van der Waals surface area (Å²) in [5.74, 6) is 0.688. The van der Waals surface area contributed by atoms with Gasteiger partial charge in [-0.3, -0.25) is 0 Å². The quantitative estimate of drug-likeness (QED) is 0.817. The summed E-state index contributed by atoms with van der Waals surface area (Å²) in [4.78, 5) is 4.27.